The fourth-order valence-corrected chi connectivity index (χ4v) is 1.96. The van der Waals surface area contributed by atoms with Crippen LogP contribution >= 0.6 is 0 Å². The number of amides is 1. The second kappa shape index (κ2) is 4.08. The van der Waals surface area contributed by atoms with E-state index in [4.69, 9.17) is 9.84 Å². The van der Waals surface area contributed by atoms with Crippen LogP contribution in [0, 0.1) is 0 Å². The van der Waals surface area contributed by atoms with Crippen LogP contribution in [0.5, 0.6) is 5.75 Å². The van der Waals surface area contributed by atoms with Gasteiger partial charge in [0.25, 0.3) is 5.91 Å². The van der Waals surface area contributed by atoms with Crippen LogP contribution in [0.2, 0.25) is 0 Å². The van der Waals surface area contributed by atoms with Crippen molar-refractivity contribution in [3.05, 3.63) is 28.8 Å². The Balaban J connectivity index is 2.57. The van der Waals surface area contributed by atoms with Gasteiger partial charge in [0.15, 0.2) is 0 Å². The van der Waals surface area contributed by atoms with Crippen LogP contribution in [-0.2, 0) is 6.42 Å². The molecule has 90 valence electrons. The summed E-state index contributed by atoms with van der Waals surface area (Å²) in [7, 11) is 1.50. The zero-order valence-electron chi connectivity index (χ0n) is 9.61. The second-order valence-electron chi connectivity index (χ2n) is 4.03. The van der Waals surface area contributed by atoms with Crippen LogP contribution in [0.15, 0.2) is 12.1 Å². The number of carbonyl (C=O) groups excluding carboxylic acids is 1. The summed E-state index contributed by atoms with van der Waals surface area (Å²) in [5.41, 5.74) is 1.17. The molecular formula is C12H13NO4. The van der Waals surface area contributed by atoms with E-state index in [1.165, 1.54) is 13.1 Å². The molecule has 1 heterocycles. The Bertz CT molecular complexity index is 496. The third kappa shape index (κ3) is 1.95. The summed E-state index contributed by atoms with van der Waals surface area (Å²) in [4.78, 5) is 22.6. The molecule has 0 spiro atoms. The molecule has 0 aliphatic carbocycles. The summed E-state index contributed by atoms with van der Waals surface area (Å²) in [6.07, 6.45) is 0.595. The zero-order valence-corrected chi connectivity index (χ0v) is 9.61. The average molecular weight is 235 g/mol. The molecule has 0 radical (unpaired) electrons. The van der Waals surface area contributed by atoms with E-state index in [0.717, 1.165) is 5.56 Å². The zero-order chi connectivity index (χ0) is 12.6. The van der Waals surface area contributed by atoms with E-state index in [-0.39, 0.29) is 23.1 Å². The Labute approximate surface area is 98.4 Å². The second-order valence-corrected chi connectivity index (χ2v) is 4.03. The maximum absolute atomic E-state index is 11.7. The normalized spacial score (nSPS) is 17.2. The fourth-order valence-electron chi connectivity index (χ4n) is 1.96. The van der Waals surface area contributed by atoms with Gasteiger partial charge in [-0.15, -0.1) is 0 Å². The van der Waals surface area contributed by atoms with Gasteiger partial charge in [-0.3, -0.25) is 4.79 Å². The number of carbonyl (C=O) groups is 2. The molecule has 0 saturated heterocycles. The first kappa shape index (κ1) is 11.4. The van der Waals surface area contributed by atoms with E-state index in [1.807, 2.05) is 6.92 Å². The van der Waals surface area contributed by atoms with E-state index in [2.05, 4.69) is 5.32 Å². The molecule has 1 amide bonds. The summed E-state index contributed by atoms with van der Waals surface area (Å²) in [6.45, 7) is 1.88. The van der Waals surface area contributed by atoms with Crippen molar-refractivity contribution in [1.29, 1.82) is 0 Å². The Morgan fingerprint density at radius 3 is 2.76 bits per heavy atom. The number of carboxylic acids is 1. The van der Waals surface area contributed by atoms with E-state index >= 15 is 0 Å². The minimum Gasteiger partial charge on any atom is -0.489 e. The molecule has 1 aliphatic rings. The minimum absolute atomic E-state index is 0.0301. The Kier molecular flexibility index (Phi) is 2.75. The Morgan fingerprint density at radius 1 is 1.47 bits per heavy atom. The number of benzene rings is 1. The largest absolute Gasteiger partial charge is 0.489 e. The lowest BCUT2D eigenvalue weighted by Gasteiger charge is -2.09. The molecule has 1 unspecified atom stereocenters. The fraction of sp³-hybridized carbons (Fsp3) is 0.333. The number of nitrogens with one attached hydrogen (secondary N) is 1. The SMILES string of the molecule is CNC(=O)c1cc(C(=O)O)cc2c1OC(C)C2. The van der Waals surface area contributed by atoms with Crippen molar-refractivity contribution in [2.45, 2.75) is 19.4 Å². The molecule has 0 aromatic heterocycles. The maximum Gasteiger partial charge on any atom is 0.335 e. The van der Waals surface area contributed by atoms with Gasteiger partial charge in [-0.1, -0.05) is 0 Å². The highest BCUT2D eigenvalue weighted by atomic mass is 16.5. The smallest absolute Gasteiger partial charge is 0.335 e. The summed E-state index contributed by atoms with van der Waals surface area (Å²) in [6, 6.07) is 2.91. The predicted octanol–water partition coefficient (Wildman–Crippen LogP) is 1.07. The van der Waals surface area contributed by atoms with Crippen molar-refractivity contribution in [2.75, 3.05) is 7.05 Å². The van der Waals surface area contributed by atoms with Gasteiger partial charge in [0.05, 0.1) is 11.1 Å². The molecule has 17 heavy (non-hydrogen) atoms. The highest BCUT2D eigenvalue weighted by Crippen LogP contribution is 2.33. The molecular weight excluding hydrogens is 222 g/mol. The monoisotopic (exact) mass is 235 g/mol. The van der Waals surface area contributed by atoms with E-state index in [1.54, 1.807) is 6.07 Å². The summed E-state index contributed by atoms with van der Waals surface area (Å²) >= 11 is 0. The molecule has 2 rings (SSSR count). The standard InChI is InChI=1S/C12H13NO4/c1-6-3-7-4-8(12(15)16)5-9(10(7)17-6)11(14)13-2/h4-6H,3H2,1-2H3,(H,13,14)(H,15,16). The Hall–Kier alpha value is -2.04. The van der Waals surface area contributed by atoms with Crippen molar-refractivity contribution in [3.63, 3.8) is 0 Å². The van der Waals surface area contributed by atoms with E-state index in [0.29, 0.717) is 12.2 Å². The van der Waals surface area contributed by atoms with Crippen LogP contribution in [-0.4, -0.2) is 30.1 Å². The van der Waals surface area contributed by atoms with Gasteiger partial charge in [-0.05, 0) is 24.6 Å². The molecule has 1 aromatic rings. The number of aromatic carboxylic acids is 1. The highest BCUT2D eigenvalue weighted by molar-refractivity contribution is 6.00. The van der Waals surface area contributed by atoms with Gasteiger partial charge in [0.2, 0.25) is 0 Å². The lowest BCUT2D eigenvalue weighted by atomic mass is 10.0. The van der Waals surface area contributed by atoms with Gasteiger partial charge in [0, 0.05) is 13.5 Å². The van der Waals surface area contributed by atoms with Crippen LogP contribution in [0.3, 0.4) is 0 Å². The first-order valence-corrected chi connectivity index (χ1v) is 5.32. The highest BCUT2D eigenvalue weighted by Gasteiger charge is 2.26. The lowest BCUT2D eigenvalue weighted by molar-refractivity contribution is 0.0697. The van der Waals surface area contributed by atoms with Crippen LogP contribution in [0.25, 0.3) is 0 Å². The van der Waals surface area contributed by atoms with E-state index in [9.17, 15) is 9.59 Å². The molecule has 0 bridgehead atoms. The summed E-state index contributed by atoms with van der Waals surface area (Å²) in [5.74, 6) is -0.877. The number of fused-ring (bicyclic) bond motifs is 1. The molecule has 1 aliphatic heterocycles. The molecule has 5 nitrogen and oxygen atoms in total. The third-order valence-electron chi connectivity index (χ3n) is 2.71. The molecule has 0 fully saturated rings. The van der Waals surface area contributed by atoms with Crippen LogP contribution < -0.4 is 10.1 Å². The average Bonchev–Trinajstić information content (AvgIpc) is 2.66. The lowest BCUT2D eigenvalue weighted by Crippen LogP contribution is -2.19. The van der Waals surface area contributed by atoms with Gasteiger partial charge in [-0.25, -0.2) is 4.79 Å². The Morgan fingerprint density at radius 2 is 2.18 bits per heavy atom. The minimum atomic E-state index is -1.04. The number of hydrogen-bond donors (Lipinski definition) is 2. The third-order valence-corrected chi connectivity index (χ3v) is 2.71. The van der Waals surface area contributed by atoms with Crippen molar-refractivity contribution >= 4 is 11.9 Å². The van der Waals surface area contributed by atoms with Crippen molar-refractivity contribution < 1.29 is 19.4 Å². The predicted molar refractivity (Wildman–Crippen MR) is 60.6 cm³/mol. The molecule has 1 atom stereocenters. The van der Waals surface area contributed by atoms with Gasteiger partial charge >= 0.3 is 5.97 Å². The summed E-state index contributed by atoms with van der Waals surface area (Å²) < 4.78 is 5.54. The van der Waals surface area contributed by atoms with Crippen LogP contribution in [0.1, 0.15) is 33.2 Å². The first-order chi connectivity index (χ1) is 8.02. The quantitative estimate of drug-likeness (QED) is 0.803. The van der Waals surface area contributed by atoms with Crippen molar-refractivity contribution in [1.82, 2.24) is 5.32 Å². The van der Waals surface area contributed by atoms with E-state index < -0.39 is 5.97 Å². The topological polar surface area (TPSA) is 75.6 Å². The first-order valence-electron chi connectivity index (χ1n) is 5.32. The maximum atomic E-state index is 11.7. The number of hydrogen-bond acceptors (Lipinski definition) is 3. The van der Waals surface area contributed by atoms with Crippen molar-refractivity contribution in [2.24, 2.45) is 0 Å². The number of carboxylic acid groups (broad SMARTS) is 1. The molecule has 0 saturated carbocycles. The molecule has 5 heteroatoms. The number of rotatable bonds is 2. The van der Waals surface area contributed by atoms with Gasteiger partial charge in [-0.2, -0.15) is 0 Å². The van der Waals surface area contributed by atoms with Crippen LogP contribution in [0.4, 0.5) is 0 Å². The number of ether oxygens (including phenoxy) is 1. The molecule has 1 aromatic carbocycles. The van der Waals surface area contributed by atoms with Crippen molar-refractivity contribution in [3.8, 4) is 5.75 Å². The molecule has 2 N–H and O–H groups in total. The van der Waals surface area contributed by atoms with Gasteiger partial charge < -0.3 is 15.2 Å². The summed E-state index contributed by atoms with van der Waals surface area (Å²) in [5, 5.41) is 11.5. The van der Waals surface area contributed by atoms with Gasteiger partial charge in [0.1, 0.15) is 11.9 Å².